The molecule has 0 aliphatic heterocycles. The number of hydrogen-bond acceptors (Lipinski definition) is 5. The van der Waals surface area contributed by atoms with E-state index in [1.54, 1.807) is 44.2 Å². The third-order valence-corrected chi connectivity index (χ3v) is 3.91. The first-order chi connectivity index (χ1) is 12.7. The molecular weight excluding hydrogens is 342 g/mol. The largest absolute Gasteiger partial charge is 0.467 e. The quantitative estimate of drug-likeness (QED) is 0.434. The Bertz CT molecular complexity index is 887. The van der Waals surface area contributed by atoms with Crippen LogP contribution in [-0.2, 0) is 9.53 Å². The Balaban J connectivity index is 2.14. The van der Waals surface area contributed by atoms with E-state index in [2.05, 4.69) is 17.2 Å². The Hall–Kier alpha value is -3.30. The molecule has 0 bridgehead atoms. The summed E-state index contributed by atoms with van der Waals surface area (Å²) in [5, 5.41) is 2.62. The maximum atomic E-state index is 12.4. The molecule has 140 valence electrons. The van der Waals surface area contributed by atoms with Crippen LogP contribution in [0.2, 0.25) is 0 Å². The van der Waals surface area contributed by atoms with Gasteiger partial charge < -0.3 is 21.5 Å². The number of rotatable bonds is 4. The molecule has 0 aliphatic carbocycles. The van der Waals surface area contributed by atoms with E-state index in [0.717, 1.165) is 11.1 Å². The molecule has 0 heterocycles. The van der Waals surface area contributed by atoms with Gasteiger partial charge in [-0.1, -0.05) is 24.0 Å². The van der Waals surface area contributed by atoms with Crippen LogP contribution in [0.25, 0.3) is 0 Å². The van der Waals surface area contributed by atoms with Crippen LogP contribution in [0.15, 0.2) is 48.5 Å². The second-order valence-electron chi connectivity index (χ2n) is 6.67. The molecule has 6 heteroatoms. The van der Waals surface area contributed by atoms with Crippen LogP contribution in [0, 0.1) is 11.8 Å². The van der Waals surface area contributed by atoms with Crippen molar-refractivity contribution in [3.8, 4) is 11.8 Å². The predicted molar refractivity (Wildman–Crippen MR) is 105 cm³/mol. The minimum atomic E-state index is -0.968. The van der Waals surface area contributed by atoms with E-state index in [1.807, 2.05) is 18.2 Å². The summed E-state index contributed by atoms with van der Waals surface area (Å²) < 4.78 is 4.72. The van der Waals surface area contributed by atoms with Crippen molar-refractivity contribution in [3.05, 3.63) is 65.2 Å². The Labute approximate surface area is 158 Å². The van der Waals surface area contributed by atoms with Gasteiger partial charge in [0, 0.05) is 27.9 Å². The zero-order valence-electron chi connectivity index (χ0n) is 15.6. The number of amides is 1. The minimum absolute atomic E-state index is 0.387. The van der Waals surface area contributed by atoms with Crippen LogP contribution in [0.4, 0.5) is 5.69 Å². The van der Waals surface area contributed by atoms with Crippen LogP contribution < -0.4 is 16.8 Å². The molecule has 0 saturated carbocycles. The molecule has 2 aromatic carbocycles. The topological polar surface area (TPSA) is 107 Å². The Morgan fingerprint density at radius 1 is 1.07 bits per heavy atom. The van der Waals surface area contributed by atoms with E-state index in [0.29, 0.717) is 11.3 Å². The van der Waals surface area contributed by atoms with E-state index >= 15 is 0 Å². The lowest BCUT2D eigenvalue weighted by atomic mass is 9.95. The lowest BCUT2D eigenvalue weighted by molar-refractivity contribution is -0.144. The molecule has 6 nitrogen and oxygen atoms in total. The molecule has 0 spiro atoms. The minimum Gasteiger partial charge on any atom is -0.467 e. The first-order valence-corrected chi connectivity index (χ1v) is 8.36. The van der Waals surface area contributed by atoms with Gasteiger partial charge in [-0.25, -0.2) is 4.79 Å². The first-order valence-electron chi connectivity index (χ1n) is 8.36. The second-order valence-corrected chi connectivity index (χ2v) is 6.67. The summed E-state index contributed by atoms with van der Waals surface area (Å²) in [6.45, 7) is 3.28. The zero-order valence-corrected chi connectivity index (χ0v) is 15.6. The van der Waals surface area contributed by atoms with E-state index in [-0.39, 0.29) is 0 Å². The first kappa shape index (κ1) is 20.0. The average Bonchev–Trinajstić information content (AvgIpc) is 2.64. The summed E-state index contributed by atoms with van der Waals surface area (Å²) in [6.07, 6.45) is 0. The second kappa shape index (κ2) is 8.39. The normalized spacial score (nSPS) is 11.7. The number of carbonyl (C=O) groups excluding carboxylic acids is 2. The highest BCUT2D eigenvalue weighted by atomic mass is 16.5. The molecule has 0 fully saturated rings. The molecule has 0 radical (unpaired) electrons. The van der Waals surface area contributed by atoms with Gasteiger partial charge in [0.2, 0.25) is 0 Å². The van der Waals surface area contributed by atoms with Crippen LogP contribution in [0.3, 0.4) is 0 Å². The lowest BCUT2D eigenvalue weighted by Crippen LogP contribution is -2.59. The highest BCUT2D eigenvalue weighted by Crippen LogP contribution is 2.11. The number of carbonyl (C=O) groups is 2. The van der Waals surface area contributed by atoms with E-state index in [9.17, 15) is 9.59 Å². The summed E-state index contributed by atoms with van der Waals surface area (Å²) in [4.78, 5) is 24.3. The van der Waals surface area contributed by atoms with Gasteiger partial charge in [-0.3, -0.25) is 4.79 Å². The van der Waals surface area contributed by atoms with Gasteiger partial charge in [0.05, 0.1) is 7.11 Å². The van der Waals surface area contributed by atoms with Gasteiger partial charge in [-0.2, -0.15) is 0 Å². The number of esters is 1. The Morgan fingerprint density at radius 2 is 1.70 bits per heavy atom. The number of hydrogen-bond donors (Lipinski definition) is 3. The Morgan fingerprint density at radius 3 is 2.26 bits per heavy atom. The molecule has 27 heavy (non-hydrogen) atoms. The molecular formula is C21H23N3O3. The molecule has 2 rings (SSSR count). The zero-order chi connectivity index (χ0) is 20.0. The fraction of sp³-hybridized carbons (Fsp3) is 0.238. The number of ether oxygens (including phenoxy) is 1. The third kappa shape index (κ3) is 5.33. The van der Waals surface area contributed by atoms with Crippen molar-refractivity contribution in [1.29, 1.82) is 0 Å². The summed E-state index contributed by atoms with van der Waals surface area (Å²) in [5.41, 5.74) is 13.3. The number of para-hydroxylation sites is 1. The van der Waals surface area contributed by atoms with Gasteiger partial charge in [0.25, 0.3) is 5.91 Å². The molecule has 2 aromatic rings. The van der Waals surface area contributed by atoms with Crippen molar-refractivity contribution in [3.63, 3.8) is 0 Å². The highest BCUT2D eigenvalue weighted by molar-refractivity contribution is 5.97. The number of nitrogens with one attached hydrogen (secondary N) is 1. The van der Waals surface area contributed by atoms with Gasteiger partial charge >= 0.3 is 5.97 Å². The maximum absolute atomic E-state index is 12.4. The number of benzene rings is 2. The lowest BCUT2D eigenvalue weighted by Gasteiger charge is -2.28. The fourth-order valence-corrected chi connectivity index (χ4v) is 2.34. The number of nitrogens with two attached hydrogens (primary N) is 2. The summed E-state index contributed by atoms with van der Waals surface area (Å²) in [5.74, 6) is 4.98. The van der Waals surface area contributed by atoms with E-state index in [1.165, 1.54) is 7.11 Å². The van der Waals surface area contributed by atoms with E-state index in [4.69, 9.17) is 16.2 Å². The van der Waals surface area contributed by atoms with Crippen molar-refractivity contribution in [1.82, 2.24) is 5.32 Å². The smallest absolute Gasteiger partial charge is 0.330 e. The molecule has 0 saturated heterocycles. The molecule has 0 aliphatic rings. The number of anilines is 1. The van der Waals surface area contributed by atoms with Crippen LogP contribution >= 0.6 is 0 Å². The average molecular weight is 365 g/mol. The van der Waals surface area contributed by atoms with Crippen molar-refractivity contribution in [2.75, 3.05) is 12.8 Å². The van der Waals surface area contributed by atoms with Crippen molar-refractivity contribution < 1.29 is 14.3 Å². The van der Waals surface area contributed by atoms with Gasteiger partial charge in [-0.15, -0.1) is 0 Å². The molecule has 5 N–H and O–H groups in total. The van der Waals surface area contributed by atoms with Crippen LogP contribution in [-0.4, -0.2) is 30.6 Å². The van der Waals surface area contributed by atoms with Crippen molar-refractivity contribution in [2.45, 2.75) is 25.4 Å². The highest BCUT2D eigenvalue weighted by Gasteiger charge is 2.34. The number of nitrogen functional groups attached to an aromatic ring is 1. The third-order valence-electron chi connectivity index (χ3n) is 3.91. The molecule has 1 unspecified atom stereocenters. The number of methoxy groups -OCH3 is 1. The summed E-state index contributed by atoms with van der Waals surface area (Å²) in [7, 11) is 1.25. The summed E-state index contributed by atoms with van der Waals surface area (Å²) in [6, 6.07) is 13.1. The summed E-state index contributed by atoms with van der Waals surface area (Å²) >= 11 is 0. The monoisotopic (exact) mass is 365 g/mol. The van der Waals surface area contributed by atoms with Crippen molar-refractivity contribution >= 4 is 17.6 Å². The van der Waals surface area contributed by atoms with Crippen LogP contribution in [0.1, 0.15) is 35.3 Å². The fourth-order valence-electron chi connectivity index (χ4n) is 2.34. The SMILES string of the molecule is COC(=O)C(NC(=O)c1ccc(C#Cc2ccccc2N)cc1)C(C)(C)N. The van der Waals surface area contributed by atoms with Gasteiger partial charge in [0.15, 0.2) is 0 Å². The maximum Gasteiger partial charge on any atom is 0.330 e. The predicted octanol–water partition coefficient (Wildman–Crippen LogP) is 1.68. The molecule has 0 aromatic heterocycles. The molecule has 1 amide bonds. The standard InChI is InChI=1S/C21H23N3O3/c1-21(2,23)18(20(26)27-3)24-19(25)16-12-9-14(10-13-16)8-11-15-6-4-5-7-17(15)22/h4-7,9-10,12-13,18H,22-23H2,1-3H3,(H,24,25). The van der Waals surface area contributed by atoms with Crippen LogP contribution in [0.5, 0.6) is 0 Å². The van der Waals surface area contributed by atoms with Gasteiger partial charge in [-0.05, 0) is 50.2 Å². The molecule has 1 atom stereocenters. The van der Waals surface area contributed by atoms with Crippen molar-refractivity contribution in [2.24, 2.45) is 5.73 Å². The van der Waals surface area contributed by atoms with E-state index < -0.39 is 23.5 Å². The van der Waals surface area contributed by atoms with Gasteiger partial charge in [0.1, 0.15) is 6.04 Å². The Kier molecular flexibility index (Phi) is 6.22.